The first-order chi connectivity index (χ1) is 11.1. The van der Waals surface area contributed by atoms with Crippen molar-refractivity contribution in [2.45, 2.75) is 20.3 Å². The van der Waals surface area contributed by atoms with Crippen LogP contribution in [-0.4, -0.2) is 29.0 Å². The second kappa shape index (κ2) is 6.78. The minimum atomic E-state index is -0.175. The Kier molecular flexibility index (Phi) is 4.57. The lowest BCUT2D eigenvalue weighted by Gasteiger charge is -2.07. The number of carbonyl (C=O) groups excluding carboxylic acids is 1. The molecule has 0 radical (unpaired) electrons. The smallest absolute Gasteiger partial charge is 0.258 e. The lowest BCUT2D eigenvalue weighted by atomic mass is 10.2. The number of aryl methyl sites for hydroxylation is 2. The van der Waals surface area contributed by atoms with Gasteiger partial charge in [-0.25, -0.2) is 9.97 Å². The Morgan fingerprint density at radius 1 is 1.39 bits per heavy atom. The molecule has 3 rings (SSSR count). The molecule has 0 saturated heterocycles. The Hall–Kier alpha value is -2.41. The Balaban J connectivity index is 1.56. The highest BCUT2D eigenvalue weighted by molar-refractivity contribution is 7.09. The zero-order chi connectivity index (χ0) is 16.2. The van der Waals surface area contributed by atoms with Crippen LogP contribution in [0.25, 0.3) is 11.1 Å². The highest BCUT2D eigenvalue weighted by Gasteiger charge is 2.15. The molecular weight excluding hydrogens is 314 g/mol. The molecule has 1 amide bonds. The Morgan fingerprint density at radius 2 is 2.26 bits per heavy atom. The van der Waals surface area contributed by atoms with E-state index >= 15 is 0 Å². The third-order valence-electron chi connectivity index (χ3n) is 3.54. The fourth-order valence-corrected chi connectivity index (χ4v) is 2.93. The van der Waals surface area contributed by atoms with Gasteiger partial charge in [0.25, 0.3) is 5.91 Å². The molecule has 3 heterocycles. The van der Waals surface area contributed by atoms with E-state index in [1.165, 1.54) is 11.2 Å². The molecule has 3 aromatic rings. The second-order valence-electron chi connectivity index (χ2n) is 5.11. The first-order valence-electron chi connectivity index (χ1n) is 7.27. The summed E-state index contributed by atoms with van der Waals surface area (Å²) in [5, 5.41) is 5.58. The molecule has 0 aliphatic rings. The number of hydrogen-bond acceptors (Lipinski definition) is 6. The van der Waals surface area contributed by atoms with Gasteiger partial charge in [-0.2, -0.15) is 0 Å². The van der Waals surface area contributed by atoms with Crippen molar-refractivity contribution in [2.75, 3.05) is 13.2 Å². The van der Waals surface area contributed by atoms with Crippen molar-refractivity contribution in [1.82, 2.24) is 15.3 Å². The van der Waals surface area contributed by atoms with E-state index in [1.54, 1.807) is 11.3 Å². The molecule has 0 bridgehead atoms. The van der Waals surface area contributed by atoms with Gasteiger partial charge >= 0.3 is 0 Å². The molecule has 120 valence electrons. The highest BCUT2D eigenvalue weighted by Crippen LogP contribution is 2.29. The number of nitrogens with zero attached hydrogens (tertiary/aromatic N) is 2. The molecule has 1 N–H and O–H groups in total. The van der Waals surface area contributed by atoms with Crippen molar-refractivity contribution in [3.8, 4) is 5.88 Å². The topological polar surface area (TPSA) is 77.2 Å². The van der Waals surface area contributed by atoms with E-state index in [2.05, 4.69) is 21.4 Å². The first-order valence-corrected chi connectivity index (χ1v) is 8.15. The predicted octanol–water partition coefficient (Wildman–Crippen LogP) is 2.64. The first kappa shape index (κ1) is 15.5. The van der Waals surface area contributed by atoms with Crippen LogP contribution in [0.1, 0.15) is 16.2 Å². The molecule has 0 fully saturated rings. The van der Waals surface area contributed by atoms with Crippen LogP contribution >= 0.6 is 11.3 Å². The fourth-order valence-electron chi connectivity index (χ4n) is 2.22. The minimum Gasteiger partial charge on any atom is -0.467 e. The quantitative estimate of drug-likeness (QED) is 0.751. The summed E-state index contributed by atoms with van der Waals surface area (Å²) in [6, 6.07) is 4.05. The fraction of sp³-hybridized carbons (Fsp3) is 0.312. The van der Waals surface area contributed by atoms with Crippen LogP contribution in [0.4, 0.5) is 0 Å². The Bertz CT molecular complexity index is 811. The Labute approximate surface area is 137 Å². The van der Waals surface area contributed by atoms with E-state index < -0.39 is 0 Å². The van der Waals surface area contributed by atoms with Gasteiger partial charge in [0, 0.05) is 17.0 Å². The van der Waals surface area contributed by atoms with Crippen LogP contribution in [0, 0.1) is 13.8 Å². The lowest BCUT2D eigenvalue weighted by Crippen LogP contribution is -2.30. The number of furan rings is 1. The summed E-state index contributed by atoms with van der Waals surface area (Å²) in [5.41, 5.74) is 1.40. The number of rotatable bonds is 6. The van der Waals surface area contributed by atoms with Crippen molar-refractivity contribution in [1.29, 1.82) is 0 Å². The standard InChI is InChI=1S/C16H17N3O3S/c1-10-11(2)22-16-14(10)15(18-9-19-16)21-8-13(20)17-6-5-12-4-3-7-23-12/h3-4,7,9H,5-6,8H2,1-2H3,(H,17,20). The van der Waals surface area contributed by atoms with Crippen molar-refractivity contribution in [3.05, 3.63) is 40.0 Å². The summed E-state index contributed by atoms with van der Waals surface area (Å²) >= 11 is 1.68. The predicted molar refractivity (Wildman–Crippen MR) is 87.8 cm³/mol. The van der Waals surface area contributed by atoms with Gasteiger partial charge in [-0.1, -0.05) is 6.07 Å². The van der Waals surface area contributed by atoms with Crippen LogP contribution in [-0.2, 0) is 11.2 Å². The molecule has 0 unspecified atom stereocenters. The number of fused-ring (bicyclic) bond motifs is 1. The number of nitrogens with one attached hydrogen (secondary N) is 1. The van der Waals surface area contributed by atoms with Crippen molar-refractivity contribution in [2.24, 2.45) is 0 Å². The van der Waals surface area contributed by atoms with E-state index in [-0.39, 0.29) is 12.5 Å². The normalized spacial score (nSPS) is 10.9. The summed E-state index contributed by atoms with van der Waals surface area (Å²) in [6.07, 6.45) is 2.19. The van der Waals surface area contributed by atoms with Gasteiger partial charge in [0.15, 0.2) is 6.61 Å². The molecule has 0 aromatic carbocycles. The number of aromatic nitrogens is 2. The van der Waals surface area contributed by atoms with Gasteiger partial charge in [0.1, 0.15) is 17.5 Å². The second-order valence-corrected chi connectivity index (χ2v) is 6.14. The average Bonchev–Trinajstić information content (AvgIpc) is 3.15. The summed E-state index contributed by atoms with van der Waals surface area (Å²) in [6.45, 7) is 4.28. The molecular formula is C16H17N3O3S. The van der Waals surface area contributed by atoms with Crippen molar-refractivity contribution < 1.29 is 13.9 Å². The van der Waals surface area contributed by atoms with E-state index in [1.807, 2.05) is 25.3 Å². The summed E-state index contributed by atoms with van der Waals surface area (Å²) < 4.78 is 11.1. The van der Waals surface area contributed by atoms with Gasteiger partial charge in [-0.15, -0.1) is 11.3 Å². The lowest BCUT2D eigenvalue weighted by molar-refractivity contribution is -0.123. The summed E-state index contributed by atoms with van der Waals surface area (Å²) in [4.78, 5) is 21.3. The van der Waals surface area contributed by atoms with Crippen LogP contribution in [0.2, 0.25) is 0 Å². The third kappa shape index (κ3) is 3.50. The van der Waals surface area contributed by atoms with Crippen LogP contribution in [0.5, 0.6) is 5.88 Å². The number of ether oxygens (including phenoxy) is 1. The monoisotopic (exact) mass is 331 g/mol. The molecule has 0 atom stereocenters. The molecule has 7 heteroatoms. The van der Waals surface area contributed by atoms with Crippen LogP contribution < -0.4 is 10.1 Å². The van der Waals surface area contributed by atoms with Gasteiger partial charge in [-0.3, -0.25) is 4.79 Å². The van der Waals surface area contributed by atoms with Gasteiger partial charge in [0.2, 0.25) is 11.6 Å². The molecule has 23 heavy (non-hydrogen) atoms. The largest absolute Gasteiger partial charge is 0.467 e. The number of carbonyl (C=O) groups is 1. The highest BCUT2D eigenvalue weighted by atomic mass is 32.1. The maximum Gasteiger partial charge on any atom is 0.258 e. The Morgan fingerprint density at radius 3 is 3.04 bits per heavy atom. The molecule has 6 nitrogen and oxygen atoms in total. The molecule has 0 saturated carbocycles. The van der Waals surface area contributed by atoms with E-state index in [0.29, 0.717) is 18.1 Å². The SMILES string of the molecule is Cc1oc2ncnc(OCC(=O)NCCc3cccs3)c2c1C. The number of thiophene rings is 1. The van der Waals surface area contributed by atoms with Crippen molar-refractivity contribution in [3.63, 3.8) is 0 Å². The number of amides is 1. The third-order valence-corrected chi connectivity index (χ3v) is 4.48. The van der Waals surface area contributed by atoms with Gasteiger partial charge in [0.05, 0.1) is 0 Å². The molecule has 0 aliphatic carbocycles. The zero-order valence-electron chi connectivity index (χ0n) is 13.0. The molecule has 0 aliphatic heterocycles. The maximum atomic E-state index is 11.9. The van der Waals surface area contributed by atoms with E-state index in [4.69, 9.17) is 9.15 Å². The number of hydrogen-bond donors (Lipinski definition) is 1. The molecule has 3 aromatic heterocycles. The summed E-state index contributed by atoms with van der Waals surface area (Å²) in [7, 11) is 0. The van der Waals surface area contributed by atoms with E-state index in [9.17, 15) is 4.79 Å². The van der Waals surface area contributed by atoms with Crippen LogP contribution in [0.3, 0.4) is 0 Å². The minimum absolute atomic E-state index is 0.0831. The average molecular weight is 331 g/mol. The van der Waals surface area contributed by atoms with Crippen LogP contribution in [0.15, 0.2) is 28.3 Å². The summed E-state index contributed by atoms with van der Waals surface area (Å²) in [5.74, 6) is 0.967. The van der Waals surface area contributed by atoms with Crippen molar-refractivity contribution >= 4 is 28.3 Å². The van der Waals surface area contributed by atoms with Gasteiger partial charge in [-0.05, 0) is 31.7 Å². The zero-order valence-corrected chi connectivity index (χ0v) is 13.8. The maximum absolute atomic E-state index is 11.9. The van der Waals surface area contributed by atoms with E-state index in [0.717, 1.165) is 23.1 Å². The van der Waals surface area contributed by atoms with Gasteiger partial charge < -0.3 is 14.5 Å². The molecule has 0 spiro atoms.